The first kappa shape index (κ1) is 19.0. The minimum absolute atomic E-state index is 0.0247. The van der Waals surface area contributed by atoms with Gasteiger partial charge in [-0.1, -0.05) is 12.8 Å². The van der Waals surface area contributed by atoms with E-state index in [2.05, 4.69) is 0 Å². The Morgan fingerprint density at radius 3 is 2.57 bits per heavy atom. The van der Waals surface area contributed by atoms with E-state index in [4.69, 9.17) is 0 Å². The summed E-state index contributed by atoms with van der Waals surface area (Å²) in [5.74, 6) is -0.0250. The van der Waals surface area contributed by atoms with Crippen molar-refractivity contribution < 1.29 is 14.4 Å². The van der Waals surface area contributed by atoms with Crippen LogP contribution in [0.25, 0.3) is 0 Å². The number of hydrogen-bond acceptors (Lipinski definition) is 3. The van der Waals surface area contributed by atoms with Gasteiger partial charge in [0, 0.05) is 52.4 Å². The van der Waals surface area contributed by atoms with E-state index in [1.807, 2.05) is 27.5 Å². The molecule has 0 N–H and O–H groups in total. The lowest BCUT2D eigenvalue weighted by molar-refractivity contribution is -0.136. The number of nitrogens with zero attached hydrogens (tertiary/aromatic N) is 4. The van der Waals surface area contributed by atoms with Crippen molar-refractivity contribution in [3.05, 3.63) is 23.0 Å². The molecule has 0 spiro atoms. The Bertz CT molecular complexity index is 807. The van der Waals surface area contributed by atoms with E-state index in [9.17, 15) is 14.4 Å². The Morgan fingerprint density at radius 2 is 1.89 bits per heavy atom. The van der Waals surface area contributed by atoms with Gasteiger partial charge >= 0.3 is 0 Å². The topological polar surface area (TPSA) is 65.9 Å². The number of aromatic nitrogens is 1. The van der Waals surface area contributed by atoms with Gasteiger partial charge in [0.1, 0.15) is 5.69 Å². The molecule has 0 radical (unpaired) electrons. The lowest BCUT2D eigenvalue weighted by Gasteiger charge is -2.30. The van der Waals surface area contributed by atoms with Crippen molar-refractivity contribution in [1.29, 1.82) is 0 Å². The second kappa shape index (κ2) is 7.26. The Kier molecular flexibility index (Phi) is 4.93. The SMILES string of the molecule is CN(C)C(=O)c1cc2c(n1C)CN(C(=O)[C@H]1CC(=O)N(C3CCCC3)C1)CC2. The van der Waals surface area contributed by atoms with Gasteiger partial charge in [-0.3, -0.25) is 14.4 Å². The highest BCUT2D eigenvalue weighted by molar-refractivity contribution is 5.93. The third-order valence-corrected chi connectivity index (χ3v) is 6.65. The molecule has 1 aromatic rings. The average molecular weight is 386 g/mol. The van der Waals surface area contributed by atoms with Crippen molar-refractivity contribution in [2.45, 2.75) is 51.1 Å². The van der Waals surface area contributed by atoms with E-state index < -0.39 is 0 Å². The van der Waals surface area contributed by atoms with Gasteiger partial charge in [-0.2, -0.15) is 0 Å². The standard InChI is InChI=1S/C21H30N4O3/c1-22(2)21(28)17-10-14-8-9-24(13-18(14)23(17)3)20(27)15-11-19(26)25(12-15)16-6-4-5-7-16/h10,15-16H,4-9,11-13H2,1-3H3/t15-/m0/s1. The first-order chi connectivity index (χ1) is 13.4. The molecular weight excluding hydrogens is 356 g/mol. The van der Waals surface area contributed by atoms with Crippen molar-refractivity contribution in [1.82, 2.24) is 19.3 Å². The van der Waals surface area contributed by atoms with E-state index in [0.717, 1.165) is 30.5 Å². The van der Waals surface area contributed by atoms with Crippen LogP contribution in [0.2, 0.25) is 0 Å². The van der Waals surface area contributed by atoms with E-state index in [0.29, 0.717) is 37.8 Å². The van der Waals surface area contributed by atoms with E-state index in [-0.39, 0.29) is 23.6 Å². The zero-order valence-corrected chi connectivity index (χ0v) is 17.1. The molecule has 1 aromatic heterocycles. The molecule has 1 aliphatic carbocycles. The lowest BCUT2D eigenvalue weighted by Crippen LogP contribution is -2.41. The molecule has 2 fully saturated rings. The predicted octanol–water partition coefficient (Wildman–Crippen LogP) is 1.40. The van der Waals surface area contributed by atoms with Crippen LogP contribution in [0, 0.1) is 5.92 Å². The molecule has 152 valence electrons. The zero-order valence-electron chi connectivity index (χ0n) is 17.1. The normalized spacial score (nSPS) is 22.7. The monoisotopic (exact) mass is 386 g/mol. The number of rotatable bonds is 3. The van der Waals surface area contributed by atoms with Gasteiger partial charge in [-0.25, -0.2) is 0 Å². The van der Waals surface area contributed by atoms with Gasteiger partial charge in [0.15, 0.2) is 0 Å². The molecule has 7 nitrogen and oxygen atoms in total. The summed E-state index contributed by atoms with van der Waals surface area (Å²) >= 11 is 0. The van der Waals surface area contributed by atoms with Gasteiger partial charge in [0.05, 0.1) is 12.5 Å². The molecule has 4 rings (SSSR count). The van der Waals surface area contributed by atoms with Crippen LogP contribution in [0.1, 0.15) is 53.8 Å². The van der Waals surface area contributed by atoms with Crippen LogP contribution in [0.15, 0.2) is 6.07 Å². The third kappa shape index (κ3) is 3.20. The number of amides is 3. The van der Waals surface area contributed by atoms with Gasteiger partial charge in [0.2, 0.25) is 11.8 Å². The highest BCUT2D eigenvalue weighted by Gasteiger charge is 2.41. The Hall–Kier alpha value is -2.31. The van der Waals surface area contributed by atoms with E-state index >= 15 is 0 Å². The van der Waals surface area contributed by atoms with Crippen molar-refractivity contribution in [3.63, 3.8) is 0 Å². The Balaban J connectivity index is 1.46. The van der Waals surface area contributed by atoms with Gasteiger partial charge in [-0.05, 0) is 30.9 Å². The number of hydrogen-bond donors (Lipinski definition) is 0. The van der Waals surface area contributed by atoms with E-state index in [1.165, 1.54) is 12.8 Å². The second-order valence-electron chi connectivity index (χ2n) is 8.66. The van der Waals surface area contributed by atoms with Gasteiger partial charge in [0.25, 0.3) is 5.91 Å². The average Bonchev–Trinajstić information content (AvgIpc) is 3.39. The molecule has 1 saturated heterocycles. The van der Waals surface area contributed by atoms with Gasteiger partial charge in [-0.15, -0.1) is 0 Å². The van der Waals surface area contributed by atoms with Crippen molar-refractivity contribution in [2.24, 2.45) is 13.0 Å². The molecule has 2 aliphatic heterocycles. The molecule has 0 unspecified atom stereocenters. The molecule has 0 aromatic carbocycles. The van der Waals surface area contributed by atoms with Crippen LogP contribution in [0.3, 0.4) is 0 Å². The summed E-state index contributed by atoms with van der Waals surface area (Å²) in [7, 11) is 5.39. The summed E-state index contributed by atoms with van der Waals surface area (Å²) in [5, 5.41) is 0. The molecule has 3 amide bonds. The summed E-state index contributed by atoms with van der Waals surface area (Å²) < 4.78 is 1.92. The maximum absolute atomic E-state index is 13.1. The highest BCUT2D eigenvalue weighted by atomic mass is 16.2. The first-order valence-electron chi connectivity index (χ1n) is 10.3. The summed E-state index contributed by atoms with van der Waals surface area (Å²) in [6.45, 7) is 1.74. The number of likely N-dealkylation sites (tertiary alicyclic amines) is 1. The maximum atomic E-state index is 13.1. The van der Waals surface area contributed by atoms with Crippen LogP contribution in [-0.4, -0.2) is 70.2 Å². The fourth-order valence-corrected chi connectivity index (χ4v) is 4.99. The van der Waals surface area contributed by atoms with Crippen LogP contribution in [0.5, 0.6) is 0 Å². The maximum Gasteiger partial charge on any atom is 0.269 e. The summed E-state index contributed by atoms with van der Waals surface area (Å²) in [5.41, 5.74) is 2.83. The largest absolute Gasteiger partial charge is 0.343 e. The van der Waals surface area contributed by atoms with Crippen molar-refractivity contribution >= 4 is 17.7 Å². The van der Waals surface area contributed by atoms with Crippen LogP contribution < -0.4 is 0 Å². The molecule has 28 heavy (non-hydrogen) atoms. The second-order valence-corrected chi connectivity index (χ2v) is 8.66. The Labute approximate surface area is 166 Å². The van der Waals surface area contributed by atoms with Crippen molar-refractivity contribution in [2.75, 3.05) is 27.2 Å². The third-order valence-electron chi connectivity index (χ3n) is 6.65. The summed E-state index contributed by atoms with van der Waals surface area (Å²) in [6, 6.07) is 2.30. The molecule has 0 bridgehead atoms. The first-order valence-corrected chi connectivity index (χ1v) is 10.3. The molecule has 3 aliphatic rings. The molecule has 1 saturated carbocycles. The number of carbonyl (C=O) groups excluding carboxylic acids is 3. The molecule has 1 atom stereocenters. The summed E-state index contributed by atoms with van der Waals surface area (Å²) in [6.07, 6.45) is 5.61. The fraction of sp³-hybridized carbons (Fsp3) is 0.667. The quantitative estimate of drug-likeness (QED) is 0.789. The zero-order chi connectivity index (χ0) is 20.0. The molecule has 7 heteroatoms. The summed E-state index contributed by atoms with van der Waals surface area (Å²) in [4.78, 5) is 43.4. The molecular formula is C21H30N4O3. The van der Waals surface area contributed by atoms with Crippen LogP contribution in [0.4, 0.5) is 0 Å². The van der Waals surface area contributed by atoms with Gasteiger partial charge < -0.3 is 19.3 Å². The predicted molar refractivity (Wildman–Crippen MR) is 105 cm³/mol. The Morgan fingerprint density at radius 1 is 1.18 bits per heavy atom. The van der Waals surface area contributed by atoms with Crippen molar-refractivity contribution in [3.8, 4) is 0 Å². The number of fused-ring (bicyclic) bond motifs is 1. The van der Waals surface area contributed by atoms with Crippen LogP contribution >= 0.6 is 0 Å². The highest BCUT2D eigenvalue weighted by Crippen LogP contribution is 2.31. The molecule has 3 heterocycles. The smallest absolute Gasteiger partial charge is 0.269 e. The number of carbonyl (C=O) groups is 3. The van der Waals surface area contributed by atoms with E-state index in [1.54, 1.807) is 19.0 Å². The fourth-order valence-electron chi connectivity index (χ4n) is 4.99. The lowest BCUT2D eigenvalue weighted by atomic mass is 10.0. The minimum atomic E-state index is -0.224. The van der Waals surface area contributed by atoms with Crippen LogP contribution in [-0.2, 0) is 29.6 Å². The minimum Gasteiger partial charge on any atom is -0.343 e.